The Kier molecular flexibility index (Phi) is 8.45. The third kappa shape index (κ3) is 5.72. The molecule has 40 heavy (non-hydrogen) atoms. The maximum atomic E-state index is 14.8. The van der Waals surface area contributed by atoms with Gasteiger partial charge in [0.15, 0.2) is 11.6 Å². The number of carbonyl (C=O) groups excluding carboxylic acids is 1. The average Bonchev–Trinajstić information content (AvgIpc) is 3.25. The number of fused-ring (bicyclic) bond motifs is 1. The summed E-state index contributed by atoms with van der Waals surface area (Å²) in [6, 6.07) is 6.63. The second-order valence-electron chi connectivity index (χ2n) is 10.6. The van der Waals surface area contributed by atoms with Crippen molar-refractivity contribution >= 4 is 17.4 Å². The summed E-state index contributed by atoms with van der Waals surface area (Å²) in [5.74, 6) is -1.23. The number of ether oxygens (including phenoxy) is 1. The number of carbonyl (C=O) groups is 1. The molecule has 3 aliphatic rings. The summed E-state index contributed by atoms with van der Waals surface area (Å²) >= 11 is 0. The fourth-order valence-electron chi connectivity index (χ4n) is 5.95. The first-order chi connectivity index (χ1) is 19.4. The molecule has 0 saturated carbocycles. The van der Waals surface area contributed by atoms with E-state index in [9.17, 15) is 18.8 Å². The summed E-state index contributed by atoms with van der Waals surface area (Å²) in [4.78, 5) is 30.0. The first-order valence-electron chi connectivity index (χ1n) is 13.9. The molecule has 1 amide bonds. The predicted molar refractivity (Wildman–Crippen MR) is 147 cm³/mol. The zero-order chi connectivity index (χ0) is 28.2. The quantitative estimate of drug-likeness (QED) is 0.485. The minimum atomic E-state index is -0.884. The van der Waals surface area contributed by atoms with Crippen molar-refractivity contribution in [2.45, 2.75) is 50.7 Å². The van der Waals surface area contributed by atoms with Gasteiger partial charge in [-0.25, -0.2) is 8.78 Å². The van der Waals surface area contributed by atoms with Crippen LogP contribution in [-0.4, -0.2) is 84.1 Å². The van der Waals surface area contributed by atoms with E-state index in [-0.39, 0.29) is 42.7 Å². The fraction of sp³-hybridized carbons (Fsp3) is 0.517. The molecule has 4 heterocycles. The smallest absolute Gasteiger partial charge is 0.318 e. The van der Waals surface area contributed by atoms with E-state index in [1.54, 1.807) is 11.0 Å². The molecule has 2 atom stereocenters. The lowest BCUT2D eigenvalue weighted by atomic mass is 10.1. The van der Waals surface area contributed by atoms with Crippen molar-refractivity contribution in [3.8, 4) is 12.1 Å². The normalized spacial score (nSPS) is 21.5. The van der Waals surface area contributed by atoms with E-state index >= 15 is 0 Å². The molecule has 1 aromatic heterocycles. The van der Waals surface area contributed by atoms with Gasteiger partial charge in [-0.2, -0.15) is 15.2 Å². The molecule has 2 fully saturated rings. The largest absolute Gasteiger partial charge is 0.462 e. The van der Waals surface area contributed by atoms with Crippen LogP contribution in [0.4, 0.5) is 20.3 Å². The number of likely N-dealkylation sites (tertiary alicyclic amines) is 1. The highest BCUT2D eigenvalue weighted by Gasteiger charge is 2.33. The first kappa shape index (κ1) is 27.8. The van der Waals surface area contributed by atoms with Gasteiger partial charge < -0.3 is 24.3 Å². The number of halogens is 2. The molecule has 0 bridgehead atoms. The second kappa shape index (κ2) is 12.2. The number of hydrogen-bond acceptors (Lipinski definition) is 8. The molecule has 0 spiro atoms. The lowest BCUT2D eigenvalue weighted by Gasteiger charge is -2.41. The molecule has 1 aromatic carbocycles. The number of aromatic nitrogens is 2. The molecule has 1 unspecified atom stereocenters. The van der Waals surface area contributed by atoms with Crippen molar-refractivity contribution in [3.63, 3.8) is 0 Å². The molecule has 2 saturated heterocycles. The Morgan fingerprint density at radius 3 is 2.77 bits per heavy atom. The van der Waals surface area contributed by atoms with Crippen LogP contribution in [0.15, 0.2) is 30.9 Å². The number of rotatable bonds is 7. The van der Waals surface area contributed by atoms with Crippen molar-refractivity contribution in [2.75, 3.05) is 56.2 Å². The van der Waals surface area contributed by atoms with Gasteiger partial charge in [-0.1, -0.05) is 12.6 Å². The Bertz CT molecular complexity index is 1300. The molecular formula is C29H35F2N7O2. The minimum absolute atomic E-state index is 0.188. The Hall–Kier alpha value is -3.78. The van der Waals surface area contributed by atoms with Crippen LogP contribution in [0.2, 0.25) is 0 Å². The van der Waals surface area contributed by atoms with E-state index < -0.39 is 11.6 Å². The van der Waals surface area contributed by atoms with Gasteiger partial charge in [-0.15, -0.1) is 0 Å². The summed E-state index contributed by atoms with van der Waals surface area (Å²) in [6.45, 7) is 7.28. The van der Waals surface area contributed by atoms with E-state index in [0.29, 0.717) is 51.3 Å². The molecule has 0 aliphatic carbocycles. The van der Waals surface area contributed by atoms with Gasteiger partial charge in [0.1, 0.15) is 12.4 Å². The maximum absolute atomic E-state index is 14.8. The Balaban J connectivity index is 1.49. The van der Waals surface area contributed by atoms with E-state index in [4.69, 9.17) is 14.7 Å². The zero-order valence-electron chi connectivity index (χ0n) is 22.9. The molecule has 0 radical (unpaired) electrons. The van der Waals surface area contributed by atoms with Gasteiger partial charge in [0, 0.05) is 37.8 Å². The van der Waals surface area contributed by atoms with Crippen LogP contribution in [0.25, 0.3) is 0 Å². The SMILES string of the molecule is C=CC(=O)N1CCN(c2nc(OC[C@@H]3CCCN3C)nc3c2CCCN(c2cccc(F)c2F)C3)CC1CC#N. The van der Waals surface area contributed by atoms with Crippen LogP contribution < -0.4 is 14.5 Å². The number of nitriles is 1. The Morgan fingerprint density at radius 1 is 1.18 bits per heavy atom. The Morgan fingerprint density at radius 2 is 2.02 bits per heavy atom. The summed E-state index contributed by atoms with van der Waals surface area (Å²) in [6.07, 6.45) is 4.97. The summed E-state index contributed by atoms with van der Waals surface area (Å²) in [7, 11) is 2.08. The highest BCUT2D eigenvalue weighted by atomic mass is 19.2. The van der Waals surface area contributed by atoms with Crippen LogP contribution in [0, 0.1) is 23.0 Å². The third-order valence-corrected chi connectivity index (χ3v) is 8.16. The fourth-order valence-corrected chi connectivity index (χ4v) is 5.95. The number of likely N-dealkylation sites (N-methyl/N-ethyl adjacent to an activating group) is 1. The van der Waals surface area contributed by atoms with Crippen LogP contribution >= 0.6 is 0 Å². The van der Waals surface area contributed by atoms with Gasteiger partial charge in [0.05, 0.1) is 36.5 Å². The molecular weight excluding hydrogens is 516 g/mol. The lowest BCUT2D eigenvalue weighted by molar-refractivity contribution is -0.128. The van der Waals surface area contributed by atoms with E-state index in [1.807, 2.05) is 4.90 Å². The molecule has 5 rings (SSSR count). The zero-order valence-corrected chi connectivity index (χ0v) is 22.9. The third-order valence-electron chi connectivity index (χ3n) is 8.16. The van der Waals surface area contributed by atoms with Crippen molar-refractivity contribution in [1.82, 2.24) is 19.8 Å². The summed E-state index contributed by atoms with van der Waals surface area (Å²) in [5.41, 5.74) is 1.85. The minimum Gasteiger partial charge on any atom is -0.462 e. The molecule has 11 heteroatoms. The maximum Gasteiger partial charge on any atom is 0.318 e. The highest BCUT2D eigenvalue weighted by Crippen LogP contribution is 2.33. The summed E-state index contributed by atoms with van der Waals surface area (Å²) in [5, 5.41) is 9.45. The van der Waals surface area contributed by atoms with E-state index in [1.165, 1.54) is 12.1 Å². The molecule has 2 aromatic rings. The van der Waals surface area contributed by atoms with Crippen LogP contribution in [0.3, 0.4) is 0 Å². The molecule has 0 N–H and O–H groups in total. The lowest BCUT2D eigenvalue weighted by Crippen LogP contribution is -2.55. The van der Waals surface area contributed by atoms with Crippen molar-refractivity contribution in [3.05, 3.63) is 53.7 Å². The number of benzene rings is 1. The van der Waals surface area contributed by atoms with E-state index in [0.717, 1.165) is 36.8 Å². The van der Waals surface area contributed by atoms with Crippen molar-refractivity contribution in [1.29, 1.82) is 5.26 Å². The second-order valence-corrected chi connectivity index (χ2v) is 10.6. The standard InChI is InChI=1S/C29H35F2N7O2/c1-3-26(39)38-16-15-37(17-20(38)11-12-32)28-22-8-6-14-36(25-10-4-9-23(30)27(25)31)18-24(22)33-29(34-28)40-19-21-7-5-13-35(21)2/h3-4,9-10,20-21H,1,5-8,11,13-19H2,2H3/t20?,21-/m0/s1. The number of amides is 1. The first-order valence-corrected chi connectivity index (χ1v) is 13.9. The number of anilines is 2. The number of piperazine rings is 1. The molecule has 212 valence electrons. The van der Waals surface area contributed by atoms with Crippen LogP contribution in [0.5, 0.6) is 6.01 Å². The monoisotopic (exact) mass is 551 g/mol. The average molecular weight is 552 g/mol. The highest BCUT2D eigenvalue weighted by molar-refractivity contribution is 5.87. The van der Waals surface area contributed by atoms with Gasteiger partial charge in [0.25, 0.3) is 0 Å². The summed E-state index contributed by atoms with van der Waals surface area (Å²) < 4.78 is 35.0. The van der Waals surface area contributed by atoms with Gasteiger partial charge in [-0.05, 0) is 57.5 Å². The number of nitrogens with zero attached hydrogens (tertiary/aromatic N) is 7. The van der Waals surface area contributed by atoms with Crippen molar-refractivity contribution < 1.29 is 18.3 Å². The van der Waals surface area contributed by atoms with Crippen LogP contribution in [-0.2, 0) is 17.8 Å². The number of hydrogen-bond donors (Lipinski definition) is 0. The topological polar surface area (TPSA) is 88.8 Å². The Labute approximate surface area is 233 Å². The van der Waals surface area contributed by atoms with Crippen molar-refractivity contribution in [2.24, 2.45) is 0 Å². The predicted octanol–water partition coefficient (Wildman–Crippen LogP) is 3.30. The molecule has 3 aliphatic heterocycles. The van der Waals surface area contributed by atoms with Gasteiger partial charge in [-0.3, -0.25) is 4.79 Å². The van der Waals surface area contributed by atoms with Gasteiger partial charge in [0.2, 0.25) is 5.91 Å². The van der Waals surface area contributed by atoms with E-state index in [2.05, 4.69) is 29.5 Å². The van der Waals surface area contributed by atoms with Crippen LogP contribution in [0.1, 0.15) is 36.9 Å². The van der Waals surface area contributed by atoms with Gasteiger partial charge >= 0.3 is 6.01 Å². The molecule has 9 nitrogen and oxygen atoms in total.